The summed E-state index contributed by atoms with van der Waals surface area (Å²) in [5.74, 6) is -1.19. The molecule has 2 aromatic rings. The molecule has 0 aliphatic rings. The van der Waals surface area contributed by atoms with Crippen molar-refractivity contribution in [2.45, 2.75) is 6.18 Å². The highest BCUT2D eigenvalue weighted by Crippen LogP contribution is 2.29. The molecule has 2 aromatic carbocycles. The van der Waals surface area contributed by atoms with Gasteiger partial charge in [0.1, 0.15) is 11.6 Å². The van der Waals surface area contributed by atoms with Gasteiger partial charge in [0.2, 0.25) is 0 Å². The molecule has 0 aliphatic heterocycles. The van der Waals surface area contributed by atoms with Crippen molar-refractivity contribution in [2.75, 3.05) is 0 Å². The fourth-order valence-electron chi connectivity index (χ4n) is 1.46. The molecule has 0 unspecified atom stereocenters. The lowest BCUT2D eigenvalue weighted by molar-refractivity contribution is -0.137. The first kappa shape index (κ1) is 14.0. The van der Waals surface area contributed by atoms with Crippen LogP contribution in [-0.2, 0) is 6.18 Å². The number of hydrogen-bond donors (Lipinski definition) is 0. The lowest BCUT2D eigenvalue weighted by Gasteiger charge is -2.07. The quantitative estimate of drug-likeness (QED) is 0.472. The smallest absolute Gasteiger partial charge is 0.416 e. The van der Waals surface area contributed by atoms with Gasteiger partial charge >= 0.3 is 12.1 Å². The second-order valence-corrected chi connectivity index (χ2v) is 3.92. The van der Waals surface area contributed by atoms with Crippen LogP contribution in [0, 0.1) is 5.82 Å². The summed E-state index contributed by atoms with van der Waals surface area (Å²) in [6.45, 7) is 0. The SMILES string of the molecule is O=C(Oc1ccc(F)cc1)c1ccc(C(F)(F)F)cc1. The maximum Gasteiger partial charge on any atom is 0.416 e. The van der Waals surface area contributed by atoms with Crippen LogP contribution >= 0.6 is 0 Å². The Morgan fingerprint density at radius 2 is 1.45 bits per heavy atom. The Labute approximate surface area is 111 Å². The topological polar surface area (TPSA) is 26.3 Å². The van der Waals surface area contributed by atoms with E-state index in [0.717, 1.165) is 36.4 Å². The molecule has 20 heavy (non-hydrogen) atoms. The fourth-order valence-corrected chi connectivity index (χ4v) is 1.46. The maximum absolute atomic E-state index is 12.7. The van der Waals surface area contributed by atoms with Crippen molar-refractivity contribution in [3.8, 4) is 5.75 Å². The minimum atomic E-state index is -4.46. The zero-order chi connectivity index (χ0) is 14.8. The number of hydrogen-bond acceptors (Lipinski definition) is 2. The summed E-state index contributed by atoms with van der Waals surface area (Å²) in [7, 11) is 0. The van der Waals surface area contributed by atoms with E-state index in [2.05, 4.69) is 0 Å². The Morgan fingerprint density at radius 3 is 1.95 bits per heavy atom. The molecule has 0 fully saturated rings. The summed E-state index contributed by atoms with van der Waals surface area (Å²) in [6.07, 6.45) is -4.46. The van der Waals surface area contributed by atoms with Crippen molar-refractivity contribution in [3.63, 3.8) is 0 Å². The average Bonchev–Trinajstić information content (AvgIpc) is 2.40. The predicted octanol–water partition coefficient (Wildman–Crippen LogP) is 4.06. The molecular weight excluding hydrogens is 276 g/mol. The minimum Gasteiger partial charge on any atom is -0.423 e. The first-order valence-corrected chi connectivity index (χ1v) is 5.51. The lowest BCUT2D eigenvalue weighted by atomic mass is 10.1. The lowest BCUT2D eigenvalue weighted by Crippen LogP contribution is -2.10. The Hall–Kier alpha value is -2.37. The van der Waals surface area contributed by atoms with Gasteiger partial charge in [-0.05, 0) is 48.5 Å². The largest absolute Gasteiger partial charge is 0.423 e. The number of carbonyl (C=O) groups is 1. The molecule has 0 radical (unpaired) electrons. The summed E-state index contributed by atoms with van der Waals surface area (Å²) in [6, 6.07) is 8.34. The van der Waals surface area contributed by atoms with Crippen molar-refractivity contribution >= 4 is 5.97 Å². The molecule has 0 aliphatic carbocycles. The Balaban J connectivity index is 2.11. The van der Waals surface area contributed by atoms with Crippen LogP contribution in [0.15, 0.2) is 48.5 Å². The van der Waals surface area contributed by atoms with Gasteiger partial charge < -0.3 is 4.74 Å². The molecule has 0 saturated heterocycles. The average molecular weight is 284 g/mol. The molecule has 2 nitrogen and oxygen atoms in total. The molecule has 6 heteroatoms. The highest BCUT2D eigenvalue weighted by molar-refractivity contribution is 5.91. The Bertz CT molecular complexity index is 601. The number of carbonyl (C=O) groups excluding carboxylic acids is 1. The maximum atomic E-state index is 12.7. The summed E-state index contributed by atoms with van der Waals surface area (Å²) in [5, 5.41) is 0. The van der Waals surface area contributed by atoms with Crippen LogP contribution in [0.1, 0.15) is 15.9 Å². The van der Waals surface area contributed by atoms with Crippen molar-refractivity contribution in [3.05, 3.63) is 65.5 Å². The molecule has 104 valence electrons. The first-order valence-electron chi connectivity index (χ1n) is 5.51. The Kier molecular flexibility index (Phi) is 3.74. The molecule has 0 aromatic heterocycles. The molecule has 0 saturated carbocycles. The van der Waals surface area contributed by atoms with Gasteiger partial charge in [0.25, 0.3) is 0 Å². The molecule has 0 spiro atoms. The van der Waals surface area contributed by atoms with Gasteiger partial charge in [-0.3, -0.25) is 0 Å². The third-order valence-corrected chi connectivity index (χ3v) is 2.47. The van der Waals surface area contributed by atoms with Crippen molar-refractivity contribution in [1.82, 2.24) is 0 Å². The zero-order valence-electron chi connectivity index (χ0n) is 9.95. The zero-order valence-corrected chi connectivity index (χ0v) is 9.95. The van der Waals surface area contributed by atoms with Gasteiger partial charge in [-0.25, -0.2) is 9.18 Å². The van der Waals surface area contributed by atoms with E-state index < -0.39 is 23.5 Å². The second-order valence-electron chi connectivity index (χ2n) is 3.92. The minimum absolute atomic E-state index is 0.0256. The van der Waals surface area contributed by atoms with Gasteiger partial charge in [0.15, 0.2) is 0 Å². The van der Waals surface area contributed by atoms with E-state index in [1.165, 1.54) is 12.1 Å². The number of esters is 1. The molecule has 0 N–H and O–H groups in total. The summed E-state index contributed by atoms with van der Waals surface area (Å²) in [4.78, 5) is 11.7. The van der Waals surface area contributed by atoms with Crippen LogP contribution in [0.4, 0.5) is 17.6 Å². The Morgan fingerprint density at radius 1 is 0.900 bits per heavy atom. The second kappa shape index (κ2) is 5.32. The standard InChI is InChI=1S/C14H8F4O2/c15-11-5-7-12(8-6-11)20-13(19)9-1-3-10(4-2-9)14(16,17)18/h1-8H. The monoisotopic (exact) mass is 284 g/mol. The highest BCUT2D eigenvalue weighted by atomic mass is 19.4. The number of ether oxygens (including phenoxy) is 1. The van der Waals surface area contributed by atoms with Crippen LogP contribution in [0.3, 0.4) is 0 Å². The van der Waals surface area contributed by atoms with Gasteiger partial charge in [0, 0.05) is 0 Å². The van der Waals surface area contributed by atoms with E-state index in [4.69, 9.17) is 4.74 Å². The third-order valence-electron chi connectivity index (χ3n) is 2.47. The number of halogens is 4. The number of benzene rings is 2. The van der Waals surface area contributed by atoms with Crippen molar-refractivity contribution in [1.29, 1.82) is 0 Å². The predicted molar refractivity (Wildman–Crippen MR) is 62.8 cm³/mol. The number of alkyl halides is 3. The molecule has 0 bridgehead atoms. The van der Waals surface area contributed by atoms with Gasteiger partial charge in [-0.2, -0.15) is 13.2 Å². The van der Waals surface area contributed by atoms with E-state index >= 15 is 0 Å². The van der Waals surface area contributed by atoms with Crippen molar-refractivity contribution in [2.24, 2.45) is 0 Å². The van der Waals surface area contributed by atoms with Gasteiger partial charge in [0.05, 0.1) is 11.1 Å². The van der Waals surface area contributed by atoms with E-state index in [-0.39, 0.29) is 11.3 Å². The normalized spacial score (nSPS) is 11.2. The molecular formula is C14H8F4O2. The van der Waals surface area contributed by atoms with Gasteiger partial charge in [-0.1, -0.05) is 0 Å². The summed E-state index contributed by atoms with van der Waals surface area (Å²) in [5.41, 5.74) is -0.877. The highest BCUT2D eigenvalue weighted by Gasteiger charge is 2.30. The van der Waals surface area contributed by atoms with Crippen molar-refractivity contribution < 1.29 is 27.1 Å². The summed E-state index contributed by atoms with van der Waals surface area (Å²) < 4.78 is 54.6. The molecule has 0 atom stereocenters. The van der Waals surface area contributed by atoms with Crippen LogP contribution < -0.4 is 4.74 Å². The van der Waals surface area contributed by atoms with E-state index in [0.29, 0.717) is 0 Å². The third kappa shape index (κ3) is 3.34. The van der Waals surface area contributed by atoms with Gasteiger partial charge in [-0.15, -0.1) is 0 Å². The van der Waals surface area contributed by atoms with E-state index in [9.17, 15) is 22.4 Å². The fraction of sp³-hybridized carbons (Fsp3) is 0.0714. The summed E-state index contributed by atoms with van der Waals surface area (Å²) >= 11 is 0. The molecule has 0 amide bonds. The van der Waals surface area contributed by atoms with Crippen LogP contribution in [0.25, 0.3) is 0 Å². The first-order chi connectivity index (χ1) is 9.36. The number of rotatable bonds is 2. The van der Waals surface area contributed by atoms with E-state index in [1.54, 1.807) is 0 Å². The van der Waals surface area contributed by atoms with E-state index in [1.807, 2.05) is 0 Å². The van der Waals surface area contributed by atoms with Crippen LogP contribution in [0.2, 0.25) is 0 Å². The molecule has 0 heterocycles. The molecule has 2 rings (SSSR count). The van der Waals surface area contributed by atoms with Crippen LogP contribution in [-0.4, -0.2) is 5.97 Å². The van der Waals surface area contributed by atoms with Crippen LogP contribution in [0.5, 0.6) is 5.75 Å².